The van der Waals surface area contributed by atoms with Gasteiger partial charge in [0.15, 0.2) is 18.3 Å². The third-order valence-corrected chi connectivity index (χ3v) is 9.55. The molecule has 0 N–H and O–H groups in total. The molecule has 3 rings (SSSR count). The molecule has 58 heavy (non-hydrogen) atoms. The van der Waals surface area contributed by atoms with Crippen LogP contribution in [0, 0.1) is 11.8 Å². The van der Waals surface area contributed by atoms with E-state index in [0.29, 0.717) is 44.2 Å². The molecule has 0 spiro atoms. The second-order valence-corrected chi connectivity index (χ2v) is 14.6. The van der Waals surface area contributed by atoms with E-state index in [-0.39, 0.29) is 6.61 Å². The number of carbonyl (C=O) groups is 4. The molecule has 0 amide bonds. The summed E-state index contributed by atoms with van der Waals surface area (Å²) in [5.74, 6) is 3.91. The normalized spacial score (nSPS) is 26.8. The van der Waals surface area contributed by atoms with E-state index in [1.807, 2.05) is 6.07 Å². The van der Waals surface area contributed by atoms with E-state index < -0.39 is 84.9 Å². The summed E-state index contributed by atoms with van der Waals surface area (Å²) in [4.78, 5) is 48.9. The van der Waals surface area contributed by atoms with Crippen molar-refractivity contribution >= 4 is 23.9 Å². The maximum atomic E-state index is 12.5. The number of esters is 4. The molecule has 0 radical (unpaired) electrons. The minimum Gasteiger partial charge on any atom is -0.463 e. The Morgan fingerprint density at radius 2 is 1.12 bits per heavy atom. The summed E-state index contributed by atoms with van der Waals surface area (Å²) in [6, 6.07) is 7.10. The molecule has 0 bridgehead atoms. The van der Waals surface area contributed by atoms with Gasteiger partial charge in [0, 0.05) is 59.7 Å². The molecule has 0 saturated carbocycles. The predicted octanol–water partition coefficient (Wildman–Crippen LogP) is 5.98. The van der Waals surface area contributed by atoms with Crippen LogP contribution >= 0.6 is 0 Å². The molecule has 2 fully saturated rings. The quantitative estimate of drug-likeness (QED) is 0.0549. The highest BCUT2D eigenvalue weighted by atomic mass is 16.7. The highest BCUT2D eigenvalue weighted by molar-refractivity contribution is 5.69. The lowest BCUT2D eigenvalue weighted by atomic mass is 9.89. The standard InChI is InChI=1S/C44H66O14/c1-9-13-22-49-27-36-40(51-24-15-11-3)42(52-25-16-12-4)39(50-23-14-10-2)35(57-36)21-20-33-18-17-19-34(26-33)38-43(55-31(7)47)44(56-32(8)48)41(54-30(6)46)37(58-38)28-53-29(5)45/h17-19,26,35-44H,9-16,22-25,27-28H2,1-8H3/t35-,36-,37-,38-,39-,40-,41-,42-,43-,44+/m1/s1. The highest BCUT2D eigenvalue weighted by Crippen LogP contribution is 2.38. The van der Waals surface area contributed by atoms with Gasteiger partial charge >= 0.3 is 23.9 Å². The van der Waals surface area contributed by atoms with E-state index in [9.17, 15) is 19.2 Å². The minimum absolute atomic E-state index is 0.308. The van der Waals surface area contributed by atoms with Crippen molar-refractivity contribution in [3.63, 3.8) is 0 Å². The van der Waals surface area contributed by atoms with Gasteiger partial charge in [-0.25, -0.2) is 0 Å². The molecule has 0 aliphatic carbocycles. The first-order valence-electron chi connectivity index (χ1n) is 20.9. The first kappa shape index (κ1) is 48.8. The third kappa shape index (κ3) is 15.9. The van der Waals surface area contributed by atoms with Gasteiger partial charge in [-0.3, -0.25) is 19.2 Å². The zero-order valence-corrected chi connectivity index (χ0v) is 35.7. The largest absolute Gasteiger partial charge is 0.463 e. The Balaban J connectivity index is 2.08. The lowest BCUT2D eigenvalue weighted by Crippen LogP contribution is -2.61. The first-order valence-corrected chi connectivity index (χ1v) is 20.9. The third-order valence-electron chi connectivity index (χ3n) is 9.55. The molecule has 1 aromatic rings. The Bertz CT molecular complexity index is 1470. The average molecular weight is 819 g/mol. The van der Waals surface area contributed by atoms with Crippen LogP contribution in [0.15, 0.2) is 24.3 Å². The van der Waals surface area contributed by atoms with Crippen molar-refractivity contribution in [2.45, 2.75) is 168 Å². The molecule has 1 aromatic carbocycles. The molecule has 10 atom stereocenters. The summed E-state index contributed by atoms with van der Waals surface area (Å²) in [6.07, 6.45) is -1.14. The van der Waals surface area contributed by atoms with Crippen LogP contribution in [0.2, 0.25) is 0 Å². The lowest BCUT2D eigenvalue weighted by Gasteiger charge is -2.45. The molecule has 14 heteroatoms. The van der Waals surface area contributed by atoms with Crippen molar-refractivity contribution in [1.29, 1.82) is 0 Å². The summed E-state index contributed by atoms with van der Waals surface area (Å²) in [5, 5.41) is 0. The Morgan fingerprint density at radius 3 is 1.71 bits per heavy atom. The fraction of sp³-hybridized carbons (Fsp3) is 0.727. The van der Waals surface area contributed by atoms with Gasteiger partial charge in [0.2, 0.25) is 0 Å². The molecule has 0 unspecified atom stereocenters. The summed E-state index contributed by atoms with van der Waals surface area (Å²) < 4.78 is 61.1. The number of ether oxygens (including phenoxy) is 10. The molecular formula is C44H66O14. The van der Waals surface area contributed by atoms with Gasteiger partial charge in [-0.1, -0.05) is 77.4 Å². The van der Waals surface area contributed by atoms with Gasteiger partial charge < -0.3 is 47.4 Å². The van der Waals surface area contributed by atoms with Gasteiger partial charge in [-0.15, -0.1) is 0 Å². The van der Waals surface area contributed by atoms with Crippen LogP contribution < -0.4 is 0 Å². The van der Waals surface area contributed by atoms with E-state index in [1.165, 1.54) is 27.7 Å². The molecular weight excluding hydrogens is 752 g/mol. The van der Waals surface area contributed by atoms with Crippen LogP contribution in [-0.4, -0.2) is 118 Å². The van der Waals surface area contributed by atoms with Crippen LogP contribution in [0.3, 0.4) is 0 Å². The van der Waals surface area contributed by atoms with E-state index >= 15 is 0 Å². The van der Waals surface area contributed by atoms with Gasteiger partial charge in [0.05, 0.1) is 6.61 Å². The van der Waals surface area contributed by atoms with Gasteiger partial charge in [0.1, 0.15) is 49.3 Å². The van der Waals surface area contributed by atoms with Crippen LogP contribution in [0.4, 0.5) is 0 Å². The number of benzene rings is 1. The van der Waals surface area contributed by atoms with Gasteiger partial charge in [-0.2, -0.15) is 0 Å². The molecule has 2 heterocycles. The zero-order valence-electron chi connectivity index (χ0n) is 35.7. The van der Waals surface area contributed by atoms with Crippen molar-refractivity contribution in [1.82, 2.24) is 0 Å². The Hall–Kier alpha value is -3.58. The monoisotopic (exact) mass is 818 g/mol. The topological polar surface area (TPSA) is 161 Å². The van der Waals surface area contributed by atoms with Crippen molar-refractivity contribution in [3.8, 4) is 11.8 Å². The second-order valence-electron chi connectivity index (χ2n) is 14.6. The van der Waals surface area contributed by atoms with E-state index in [2.05, 4.69) is 39.5 Å². The lowest BCUT2D eigenvalue weighted by molar-refractivity contribution is -0.254. The average Bonchev–Trinajstić information content (AvgIpc) is 3.17. The predicted molar refractivity (Wildman–Crippen MR) is 213 cm³/mol. The maximum absolute atomic E-state index is 12.5. The molecule has 326 valence electrons. The number of carbonyl (C=O) groups excluding carboxylic acids is 4. The SMILES string of the molecule is CCCCOC[C@H]1O[C@H](C#Cc2cccc([C@H]3O[C@H](COC(C)=O)[C@@H](OC(C)=O)[C@H](OC(C)=O)[C@@H]3OC(C)=O)c2)[C@@H](OCCCC)[C@@H](OCCCC)[C@@H]1OCCCC. The van der Waals surface area contributed by atoms with Crippen LogP contribution in [0.25, 0.3) is 0 Å². The summed E-state index contributed by atoms with van der Waals surface area (Å²) in [7, 11) is 0. The van der Waals surface area contributed by atoms with Crippen LogP contribution in [0.1, 0.15) is 124 Å². The molecule has 14 nitrogen and oxygen atoms in total. The van der Waals surface area contributed by atoms with Crippen molar-refractivity contribution in [2.75, 3.05) is 39.6 Å². The number of hydrogen-bond donors (Lipinski definition) is 0. The van der Waals surface area contributed by atoms with E-state index in [4.69, 9.17) is 47.4 Å². The van der Waals surface area contributed by atoms with E-state index in [0.717, 1.165) is 51.4 Å². The Labute approximate surface area is 344 Å². The van der Waals surface area contributed by atoms with Crippen LogP contribution in [0.5, 0.6) is 0 Å². The van der Waals surface area contributed by atoms with Crippen molar-refractivity contribution in [3.05, 3.63) is 35.4 Å². The van der Waals surface area contributed by atoms with Crippen molar-refractivity contribution < 1.29 is 66.5 Å². The molecule has 2 aliphatic heterocycles. The molecule has 2 saturated heterocycles. The summed E-state index contributed by atoms with van der Waals surface area (Å²) >= 11 is 0. The molecule has 2 aliphatic rings. The second kappa shape index (κ2) is 26.5. The zero-order chi connectivity index (χ0) is 42.5. The van der Waals surface area contributed by atoms with E-state index in [1.54, 1.807) is 18.2 Å². The first-order chi connectivity index (χ1) is 27.9. The Kier molecular flexibility index (Phi) is 22.3. The van der Waals surface area contributed by atoms with Gasteiger partial charge in [-0.05, 0) is 43.4 Å². The summed E-state index contributed by atoms with van der Waals surface area (Å²) in [6.45, 7) is 15.4. The Morgan fingerprint density at radius 1 is 0.586 bits per heavy atom. The summed E-state index contributed by atoms with van der Waals surface area (Å²) in [5.41, 5.74) is 1.08. The number of hydrogen-bond acceptors (Lipinski definition) is 14. The number of rotatable bonds is 23. The van der Waals surface area contributed by atoms with Gasteiger partial charge in [0.25, 0.3) is 0 Å². The molecule has 0 aromatic heterocycles. The highest BCUT2D eigenvalue weighted by Gasteiger charge is 2.53. The minimum atomic E-state index is -1.30. The fourth-order valence-corrected chi connectivity index (χ4v) is 6.72. The number of unbranched alkanes of at least 4 members (excludes halogenated alkanes) is 4. The van der Waals surface area contributed by atoms with Crippen molar-refractivity contribution in [2.24, 2.45) is 0 Å². The van der Waals surface area contributed by atoms with Crippen LogP contribution in [-0.2, 0) is 66.5 Å². The smallest absolute Gasteiger partial charge is 0.303 e. The maximum Gasteiger partial charge on any atom is 0.303 e. The fourth-order valence-electron chi connectivity index (χ4n) is 6.72.